The van der Waals surface area contributed by atoms with Gasteiger partial charge in [0, 0.05) is 17.6 Å². The zero-order valence-electron chi connectivity index (χ0n) is 14.4. The average Bonchev–Trinajstić information content (AvgIpc) is 2.55. The highest BCUT2D eigenvalue weighted by atomic mass is 32.2. The minimum Gasteiger partial charge on any atom is -0.322 e. The van der Waals surface area contributed by atoms with Gasteiger partial charge in [0.2, 0.25) is 10.0 Å². The first-order valence-corrected chi connectivity index (χ1v) is 9.44. The van der Waals surface area contributed by atoms with Crippen molar-refractivity contribution in [3.63, 3.8) is 0 Å². The minimum absolute atomic E-state index is 0.0610. The summed E-state index contributed by atoms with van der Waals surface area (Å²) < 4.78 is 27.3. The number of nitrogens with one attached hydrogen (secondary N) is 2. The fourth-order valence-electron chi connectivity index (χ4n) is 2.69. The average molecular weight is 356 g/mol. The van der Waals surface area contributed by atoms with Crippen molar-refractivity contribution < 1.29 is 8.42 Å². The second-order valence-corrected chi connectivity index (χ2v) is 8.06. The SMILES string of the molecule is Cc1cccc(S(=O)(=O)NCc2cc3cc(C)c(C)cc3[nH]c2=O)c1. The maximum absolute atomic E-state index is 12.4. The molecule has 2 aromatic carbocycles. The van der Waals surface area contributed by atoms with Crippen LogP contribution in [0.5, 0.6) is 0 Å². The molecule has 0 aliphatic heterocycles. The van der Waals surface area contributed by atoms with Crippen LogP contribution in [0.4, 0.5) is 0 Å². The summed E-state index contributed by atoms with van der Waals surface area (Å²) in [4.78, 5) is 15.3. The predicted octanol–water partition coefficient (Wildman–Crippen LogP) is 2.93. The Morgan fingerprint density at radius 2 is 1.72 bits per heavy atom. The number of aromatic amines is 1. The molecule has 0 unspecified atom stereocenters. The van der Waals surface area contributed by atoms with E-state index in [4.69, 9.17) is 0 Å². The molecule has 0 aliphatic carbocycles. The zero-order chi connectivity index (χ0) is 18.2. The van der Waals surface area contributed by atoms with Gasteiger partial charge >= 0.3 is 0 Å². The van der Waals surface area contributed by atoms with Gasteiger partial charge < -0.3 is 4.98 Å². The van der Waals surface area contributed by atoms with E-state index in [0.29, 0.717) is 5.56 Å². The van der Waals surface area contributed by atoms with Gasteiger partial charge in [-0.1, -0.05) is 12.1 Å². The quantitative estimate of drug-likeness (QED) is 0.754. The Kier molecular flexibility index (Phi) is 4.49. The monoisotopic (exact) mass is 356 g/mol. The van der Waals surface area contributed by atoms with Crippen molar-refractivity contribution in [2.45, 2.75) is 32.2 Å². The summed E-state index contributed by atoms with van der Waals surface area (Å²) in [5.41, 5.74) is 3.91. The Labute approximate surface area is 146 Å². The number of H-pyrrole nitrogens is 1. The van der Waals surface area contributed by atoms with E-state index in [9.17, 15) is 13.2 Å². The lowest BCUT2D eigenvalue weighted by Crippen LogP contribution is -2.27. The predicted molar refractivity (Wildman–Crippen MR) is 99.2 cm³/mol. The van der Waals surface area contributed by atoms with Gasteiger partial charge in [0.15, 0.2) is 0 Å². The van der Waals surface area contributed by atoms with Crippen LogP contribution in [0.1, 0.15) is 22.3 Å². The van der Waals surface area contributed by atoms with Crippen LogP contribution in [0, 0.1) is 20.8 Å². The molecule has 5 nitrogen and oxygen atoms in total. The molecule has 3 rings (SSSR count). The fraction of sp³-hybridized carbons (Fsp3) is 0.211. The highest BCUT2D eigenvalue weighted by Gasteiger charge is 2.15. The van der Waals surface area contributed by atoms with Crippen LogP contribution in [0.15, 0.2) is 52.2 Å². The van der Waals surface area contributed by atoms with Crippen LogP contribution in [-0.2, 0) is 16.6 Å². The largest absolute Gasteiger partial charge is 0.322 e. The van der Waals surface area contributed by atoms with Gasteiger partial charge in [0.1, 0.15) is 0 Å². The van der Waals surface area contributed by atoms with Crippen LogP contribution < -0.4 is 10.3 Å². The van der Waals surface area contributed by atoms with E-state index in [0.717, 1.165) is 27.6 Å². The van der Waals surface area contributed by atoms with Crippen molar-refractivity contribution >= 4 is 20.9 Å². The summed E-state index contributed by atoms with van der Waals surface area (Å²) in [6.45, 7) is 5.75. The third-order valence-electron chi connectivity index (χ3n) is 4.29. The number of pyridine rings is 1. The van der Waals surface area contributed by atoms with Crippen molar-refractivity contribution in [2.75, 3.05) is 0 Å². The molecule has 0 aliphatic rings. The molecule has 0 saturated carbocycles. The van der Waals surface area contributed by atoms with Gasteiger partial charge in [-0.2, -0.15) is 0 Å². The van der Waals surface area contributed by atoms with E-state index in [-0.39, 0.29) is 17.0 Å². The number of fused-ring (bicyclic) bond motifs is 1. The maximum Gasteiger partial charge on any atom is 0.252 e. The third-order valence-corrected chi connectivity index (χ3v) is 5.69. The third kappa shape index (κ3) is 3.65. The Hall–Kier alpha value is -2.44. The summed E-state index contributed by atoms with van der Waals surface area (Å²) in [7, 11) is -3.67. The van der Waals surface area contributed by atoms with Gasteiger partial charge in [-0.25, -0.2) is 13.1 Å². The van der Waals surface area contributed by atoms with E-state index < -0.39 is 10.0 Å². The second kappa shape index (κ2) is 6.46. The van der Waals surface area contributed by atoms with E-state index in [2.05, 4.69) is 9.71 Å². The van der Waals surface area contributed by atoms with Crippen LogP contribution in [0.3, 0.4) is 0 Å². The molecule has 0 fully saturated rings. The molecule has 2 N–H and O–H groups in total. The number of hydrogen-bond acceptors (Lipinski definition) is 3. The smallest absolute Gasteiger partial charge is 0.252 e. The summed E-state index contributed by atoms with van der Waals surface area (Å²) in [5, 5.41) is 0.882. The van der Waals surface area contributed by atoms with Crippen LogP contribution in [0.25, 0.3) is 10.9 Å². The van der Waals surface area contributed by atoms with Crippen LogP contribution in [-0.4, -0.2) is 13.4 Å². The van der Waals surface area contributed by atoms with Gasteiger partial charge in [0.05, 0.1) is 4.90 Å². The lowest BCUT2D eigenvalue weighted by molar-refractivity contribution is 0.581. The Morgan fingerprint density at radius 1 is 1.00 bits per heavy atom. The topological polar surface area (TPSA) is 79.0 Å². The maximum atomic E-state index is 12.4. The molecule has 0 radical (unpaired) electrons. The van der Waals surface area contributed by atoms with Crippen molar-refractivity contribution in [3.8, 4) is 0 Å². The molecule has 0 atom stereocenters. The highest BCUT2D eigenvalue weighted by molar-refractivity contribution is 7.89. The minimum atomic E-state index is -3.67. The van der Waals surface area contributed by atoms with Gasteiger partial charge in [-0.05, 0) is 73.2 Å². The summed E-state index contributed by atoms with van der Waals surface area (Å²) in [5.74, 6) is 0. The number of aryl methyl sites for hydroxylation is 3. The summed E-state index contributed by atoms with van der Waals surface area (Å²) in [6, 6.07) is 12.3. The second-order valence-electron chi connectivity index (χ2n) is 6.29. The number of hydrogen-bond donors (Lipinski definition) is 2. The highest BCUT2D eigenvalue weighted by Crippen LogP contribution is 2.17. The molecule has 3 aromatic rings. The first-order valence-electron chi connectivity index (χ1n) is 7.96. The van der Waals surface area contributed by atoms with Gasteiger partial charge in [0.25, 0.3) is 5.56 Å². The lowest BCUT2D eigenvalue weighted by atomic mass is 10.1. The molecule has 6 heteroatoms. The molecule has 130 valence electrons. The van der Waals surface area contributed by atoms with Crippen molar-refractivity contribution in [1.82, 2.24) is 9.71 Å². The first-order chi connectivity index (χ1) is 11.8. The molecule has 0 bridgehead atoms. The Balaban J connectivity index is 1.91. The van der Waals surface area contributed by atoms with E-state index in [1.807, 2.05) is 39.0 Å². The molecule has 25 heavy (non-hydrogen) atoms. The van der Waals surface area contributed by atoms with Gasteiger partial charge in [-0.3, -0.25) is 4.79 Å². The molecular weight excluding hydrogens is 336 g/mol. The van der Waals surface area contributed by atoms with Crippen molar-refractivity contribution in [2.24, 2.45) is 0 Å². The Bertz CT molecular complexity index is 1120. The van der Waals surface area contributed by atoms with E-state index in [1.165, 1.54) is 6.07 Å². The zero-order valence-corrected chi connectivity index (χ0v) is 15.2. The lowest BCUT2D eigenvalue weighted by Gasteiger charge is -2.09. The van der Waals surface area contributed by atoms with Crippen LogP contribution >= 0.6 is 0 Å². The number of benzene rings is 2. The standard InChI is InChI=1S/C19H20N2O3S/c1-12-5-4-6-17(7-12)25(23,24)20-11-16-10-15-8-13(2)14(3)9-18(15)21-19(16)22/h4-10,20H,11H2,1-3H3,(H,21,22). The molecule has 1 heterocycles. The van der Waals surface area contributed by atoms with Crippen molar-refractivity contribution in [1.29, 1.82) is 0 Å². The fourth-order valence-corrected chi connectivity index (χ4v) is 3.80. The Morgan fingerprint density at radius 3 is 2.44 bits per heavy atom. The van der Waals surface area contributed by atoms with E-state index >= 15 is 0 Å². The molecular formula is C19H20N2O3S. The van der Waals surface area contributed by atoms with Crippen LogP contribution in [0.2, 0.25) is 0 Å². The van der Waals surface area contributed by atoms with Crippen molar-refractivity contribution in [3.05, 3.63) is 75.1 Å². The molecule has 0 saturated heterocycles. The molecule has 0 amide bonds. The molecule has 0 spiro atoms. The summed E-state index contributed by atoms with van der Waals surface area (Å²) in [6.07, 6.45) is 0. The number of aromatic nitrogens is 1. The van der Waals surface area contributed by atoms with E-state index in [1.54, 1.807) is 18.2 Å². The number of rotatable bonds is 4. The normalized spacial score (nSPS) is 11.8. The molecule has 1 aromatic heterocycles. The summed E-state index contributed by atoms with van der Waals surface area (Å²) >= 11 is 0. The number of sulfonamides is 1. The van der Waals surface area contributed by atoms with Gasteiger partial charge in [-0.15, -0.1) is 0 Å². The first kappa shape index (κ1) is 17.4.